The lowest BCUT2D eigenvalue weighted by Gasteiger charge is -2.38. The average Bonchev–Trinajstić information content (AvgIpc) is 3.29. The van der Waals surface area contributed by atoms with Gasteiger partial charge in [0.1, 0.15) is 41.7 Å². The Kier molecular flexibility index (Phi) is 9.49. The third kappa shape index (κ3) is 7.87. The summed E-state index contributed by atoms with van der Waals surface area (Å²) in [5.74, 6) is 0.936. The number of aromatic nitrogens is 2. The SMILES string of the molecule is COc1cc(OC[C@@H]2C[C@@H](O[Si](C)(C)C(C)(C)C)CN2C(=O)OC(C)(C)C)c2c(Nc3ccc(F)c(Cl)c3)ncnc2c1. The largest absolute Gasteiger partial charge is 0.497 e. The van der Waals surface area contributed by atoms with Crippen LogP contribution in [-0.2, 0) is 9.16 Å². The zero-order valence-electron chi connectivity index (χ0n) is 26.4. The van der Waals surface area contributed by atoms with E-state index in [1.165, 1.54) is 18.5 Å². The smallest absolute Gasteiger partial charge is 0.410 e. The Labute approximate surface area is 259 Å². The number of anilines is 2. The topological polar surface area (TPSA) is 95.0 Å². The molecule has 234 valence electrons. The van der Waals surface area contributed by atoms with Crippen LogP contribution in [0.4, 0.5) is 20.7 Å². The van der Waals surface area contributed by atoms with Crippen molar-refractivity contribution in [2.75, 3.05) is 25.6 Å². The molecule has 1 saturated heterocycles. The summed E-state index contributed by atoms with van der Waals surface area (Å²) in [6.07, 6.45) is 1.47. The van der Waals surface area contributed by atoms with Crippen molar-refractivity contribution in [2.24, 2.45) is 0 Å². The molecular formula is C31H42ClFN4O5Si. The van der Waals surface area contributed by atoms with Crippen LogP contribution in [0, 0.1) is 5.82 Å². The zero-order valence-corrected chi connectivity index (χ0v) is 28.1. The first-order valence-electron chi connectivity index (χ1n) is 14.3. The predicted molar refractivity (Wildman–Crippen MR) is 170 cm³/mol. The second-order valence-corrected chi connectivity index (χ2v) is 18.5. The molecule has 2 heterocycles. The maximum atomic E-state index is 13.8. The number of rotatable bonds is 8. The number of hydrogen-bond acceptors (Lipinski definition) is 8. The van der Waals surface area contributed by atoms with Crippen molar-refractivity contribution in [3.8, 4) is 11.5 Å². The van der Waals surface area contributed by atoms with E-state index in [0.29, 0.717) is 46.9 Å². The third-order valence-electron chi connectivity index (χ3n) is 7.80. The minimum Gasteiger partial charge on any atom is -0.497 e. The van der Waals surface area contributed by atoms with E-state index in [1.807, 2.05) is 20.8 Å². The lowest BCUT2D eigenvalue weighted by Crippen LogP contribution is -2.45. The van der Waals surface area contributed by atoms with Gasteiger partial charge in [-0.3, -0.25) is 4.90 Å². The second kappa shape index (κ2) is 12.5. The van der Waals surface area contributed by atoms with Crippen molar-refractivity contribution in [3.63, 3.8) is 0 Å². The van der Waals surface area contributed by atoms with Gasteiger partial charge in [-0.05, 0) is 63.5 Å². The predicted octanol–water partition coefficient (Wildman–Crippen LogP) is 7.95. The molecule has 1 aliphatic heterocycles. The van der Waals surface area contributed by atoms with Gasteiger partial charge in [0.05, 0.1) is 35.2 Å². The van der Waals surface area contributed by atoms with E-state index in [4.69, 9.17) is 30.2 Å². The number of carbonyl (C=O) groups is 1. The highest BCUT2D eigenvalue weighted by atomic mass is 35.5. The van der Waals surface area contributed by atoms with Gasteiger partial charge in [-0.15, -0.1) is 0 Å². The maximum Gasteiger partial charge on any atom is 0.410 e. The highest BCUT2D eigenvalue weighted by Gasteiger charge is 2.44. The molecule has 0 spiro atoms. The van der Waals surface area contributed by atoms with E-state index < -0.39 is 25.8 Å². The lowest BCUT2D eigenvalue weighted by molar-refractivity contribution is 0.0175. The molecule has 2 aromatic carbocycles. The van der Waals surface area contributed by atoms with Crippen molar-refractivity contribution in [1.82, 2.24) is 14.9 Å². The first kappa shape index (κ1) is 32.8. The Hall–Kier alpha value is -3.15. The number of likely N-dealkylation sites (tertiary alicyclic amines) is 1. The van der Waals surface area contributed by atoms with Gasteiger partial charge in [0.2, 0.25) is 0 Å². The quantitative estimate of drug-likeness (QED) is 0.250. The van der Waals surface area contributed by atoms with Gasteiger partial charge in [-0.1, -0.05) is 32.4 Å². The van der Waals surface area contributed by atoms with Crippen molar-refractivity contribution < 1.29 is 27.8 Å². The minimum atomic E-state index is -2.09. The van der Waals surface area contributed by atoms with Crippen LogP contribution >= 0.6 is 11.6 Å². The number of methoxy groups -OCH3 is 1. The summed E-state index contributed by atoms with van der Waals surface area (Å²) in [7, 11) is -0.527. The molecule has 1 N–H and O–H groups in total. The molecule has 4 rings (SSSR count). The van der Waals surface area contributed by atoms with E-state index in [1.54, 1.807) is 30.2 Å². The van der Waals surface area contributed by atoms with Crippen molar-refractivity contribution in [1.29, 1.82) is 0 Å². The molecular weight excluding hydrogens is 591 g/mol. The molecule has 1 aliphatic rings. The minimum absolute atomic E-state index is 0.0144. The number of halogens is 2. The number of nitrogens with zero attached hydrogens (tertiary/aromatic N) is 3. The molecule has 0 saturated carbocycles. The zero-order chi connectivity index (χ0) is 31.7. The Bertz CT molecular complexity index is 1480. The number of fused-ring (bicyclic) bond motifs is 1. The van der Waals surface area contributed by atoms with Gasteiger partial charge in [-0.2, -0.15) is 0 Å². The summed E-state index contributed by atoms with van der Waals surface area (Å²) in [4.78, 5) is 23.9. The molecule has 1 aromatic heterocycles. The van der Waals surface area contributed by atoms with E-state index >= 15 is 0 Å². The molecule has 0 bridgehead atoms. The molecule has 2 atom stereocenters. The Morgan fingerprint density at radius 3 is 2.49 bits per heavy atom. The molecule has 0 unspecified atom stereocenters. The van der Waals surface area contributed by atoms with Crippen LogP contribution < -0.4 is 14.8 Å². The number of benzene rings is 2. The summed E-state index contributed by atoms with van der Waals surface area (Å²) in [6.45, 7) is 17.1. The van der Waals surface area contributed by atoms with Crippen molar-refractivity contribution >= 4 is 48.4 Å². The molecule has 43 heavy (non-hydrogen) atoms. The maximum absolute atomic E-state index is 13.8. The van der Waals surface area contributed by atoms with Gasteiger partial charge in [-0.25, -0.2) is 19.2 Å². The number of amides is 1. The molecule has 9 nitrogen and oxygen atoms in total. The van der Waals surface area contributed by atoms with Crippen molar-refractivity contribution in [2.45, 2.75) is 83.8 Å². The number of nitrogens with one attached hydrogen (secondary N) is 1. The van der Waals surface area contributed by atoms with Gasteiger partial charge in [0.15, 0.2) is 8.32 Å². The summed E-state index contributed by atoms with van der Waals surface area (Å²) in [5.41, 5.74) is 0.477. The summed E-state index contributed by atoms with van der Waals surface area (Å²) >= 11 is 6.01. The Morgan fingerprint density at radius 2 is 1.86 bits per heavy atom. The van der Waals surface area contributed by atoms with Crippen LogP contribution in [0.25, 0.3) is 10.9 Å². The summed E-state index contributed by atoms with van der Waals surface area (Å²) in [6, 6.07) is 7.56. The van der Waals surface area contributed by atoms with Gasteiger partial charge < -0.3 is 24.0 Å². The molecule has 1 fully saturated rings. The van der Waals surface area contributed by atoms with E-state index in [0.717, 1.165) is 0 Å². The van der Waals surface area contributed by atoms with Crippen LogP contribution in [0.15, 0.2) is 36.7 Å². The molecule has 3 aromatic rings. The second-order valence-electron chi connectivity index (χ2n) is 13.3. The van der Waals surface area contributed by atoms with Crippen LogP contribution in [0.2, 0.25) is 23.2 Å². The van der Waals surface area contributed by atoms with E-state index in [-0.39, 0.29) is 28.8 Å². The highest BCUT2D eigenvalue weighted by molar-refractivity contribution is 6.74. The first-order valence-corrected chi connectivity index (χ1v) is 17.6. The summed E-state index contributed by atoms with van der Waals surface area (Å²) < 4.78 is 38.2. The number of carbonyl (C=O) groups excluding carboxylic acids is 1. The molecule has 0 aliphatic carbocycles. The van der Waals surface area contributed by atoms with Crippen LogP contribution in [-0.4, -0.2) is 67.3 Å². The monoisotopic (exact) mass is 632 g/mol. The number of ether oxygens (including phenoxy) is 3. The van der Waals surface area contributed by atoms with Gasteiger partial charge >= 0.3 is 6.09 Å². The molecule has 12 heteroatoms. The van der Waals surface area contributed by atoms with Crippen LogP contribution in [0.1, 0.15) is 48.0 Å². The van der Waals surface area contributed by atoms with Gasteiger partial charge in [0.25, 0.3) is 0 Å². The summed E-state index contributed by atoms with van der Waals surface area (Å²) in [5, 5.41) is 3.80. The van der Waals surface area contributed by atoms with E-state index in [9.17, 15) is 9.18 Å². The first-order chi connectivity index (χ1) is 20.0. The Balaban J connectivity index is 1.65. The van der Waals surface area contributed by atoms with Crippen molar-refractivity contribution in [3.05, 3.63) is 47.5 Å². The average molecular weight is 633 g/mol. The molecule has 0 radical (unpaired) electrons. The van der Waals surface area contributed by atoms with Crippen LogP contribution in [0.5, 0.6) is 11.5 Å². The fourth-order valence-corrected chi connectivity index (χ4v) is 6.15. The third-order valence-corrected chi connectivity index (χ3v) is 12.6. The lowest BCUT2D eigenvalue weighted by atomic mass is 10.1. The highest BCUT2D eigenvalue weighted by Crippen LogP contribution is 2.40. The normalized spacial score (nSPS) is 17.7. The van der Waals surface area contributed by atoms with E-state index in [2.05, 4.69) is 49.1 Å². The van der Waals surface area contributed by atoms with Crippen LogP contribution in [0.3, 0.4) is 0 Å². The fraction of sp³-hybridized carbons (Fsp3) is 0.516. The standard InChI is InChI=1S/C31H42ClFN4O5Si/c1-30(2,3)41-29(38)37-16-22(42-43(8,9)31(4,5)6)13-20(37)17-40-26-15-21(39-7)14-25-27(26)28(35-18-34-25)36-19-10-11-24(33)23(32)12-19/h10-12,14-15,18,20,22H,13,16-17H2,1-9H3,(H,34,35,36)/t20-,22+/m0/s1. The Morgan fingerprint density at radius 1 is 1.14 bits per heavy atom. The molecule has 1 amide bonds. The fourth-order valence-electron chi connectivity index (χ4n) is 4.61. The van der Waals surface area contributed by atoms with Gasteiger partial charge in [0, 0.05) is 24.4 Å². The number of hydrogen-bond donors (Lipinski definition) is 1.